The number of phenolic OH excluding ortho intramolecular Hbond substituents is 1. The summed E-state index contributed by atoms with van der Waals surface area (Å²) >= 11 is 0.873. The van der Waals surface area contributed by atoms with E-state index in [0.29, 0.717) is 10.5 Å². The van der Waals surface area contributed by atoms with Crippen molar-refractivity contribution < 1.29 is 14.7 Å². The number of nitrogens with zero attached hydrogens (tertiary/aromatic N) is 1. The van der Waals surface area contributed by atoms with E-state index >= 15 is 0 Å². The number of phenols is 1. The van der Waals surface area contributed by atoms with Gasteiger partial charge >= 0.3 is 0 Å². The van der Waals surface area contributed by atoms with Gasteiger partial charge in [0.1, 0.15) is 5.75 Å². The van der Waals surface area contributed by atoms with Crippen molar-refractivity contribution in [3.05, 3.63) is 34.7 Å². The van der Waals surface area contributed by atoms with Crippen molar-refractivity contribution in [2.75, 3.05) is 7.05 Å². The molecule has 0 radical (unpaired) electrons. The maximum absolute atomic E-state index is 11.6. The second kappa shape index (κ2) is 4.02. The summed E-state index contributed by atoms with van der Waals surface area (Å²) in [7, 11) is 1.43. The van der Waals surface area contributed by atoms with Gasteiger partial charge in [0.2, 0.25) is 0 Å². The molecule has 2 amide bonds. The van der Waals surface area contributed by atoms with Gasteiger partial charge in [-0.15, -0.1) is 0 Å². The van der Waals surface area contributed by atoms with Crippen molar-refractivity contribution in [1.82, 2.24) is 4.90 Å². The van der Waals surface area contributed by atoms with Gasteiger partial charge in [0.15, 0.2) is 0 Å². The average molecular weight is 235 g/mol. The minimum atomic E-state index is -0.335. The molecule has 1 aromatic carbocycles. The predicted octanol–water partition coefficient (Wildman–Crippen LogP) is 2.06. The van der Waals surface area contributed by atoms with Crippen LogP contribution in [0.3, 0.4) is 0 Å². The minimum Gasteiger partial charge on any atom is -0.507 e. The Morgan fingerprint density at radius 1 is 1.31 bits per heavy atom. The summed E-state index contributed by atoms with van der Waals surface area (Å²) in [6.45, 7) is 0. The summed E-state index contributed by atoms with van der Waals surface area (Å²) in [5, 5.41) is 9.23. The molecule has 0 spiro atoms. The molecule has 0 bridgehead atoms. The average Bonchev–Trinajstić information content (AvgIpc) is 2.50. The molecule has 1 aromatic rings. The minimum absolute atomic E-state index is 0.0883. The van der Waals surface area contributed by atoms with E-state index in [1.807, 2.05) is 0 Å². The first-order valence-corrected chi connectivity index (χ1v) is 5.41. The van der Waals surface area contributed by atoms with E-state index < -0.39 is 0 Å². The summed E-state index contributed by atoms with van der Waals surface area (Å²) in [5.41, 5.74) is 0.529. The maximum atomic E-state index is 11.6. The first-order chi connectivity index (χ1) is 7.59. The van der Waals surface area contributed by atoms with Crippen molar-refractivity contribution in [3.63, 3.8) is 0 Å². The molecule has 0 saturated carbocycles. The van der Waals surface area contributed by atoms with E-state index in [0.717, 1.165) is 16.7 Å². The van der Waals surface area contributed by atoms with Crippen molar-refractivity contribution in [1.29, 1.82) is 0 Å². The zero-order chi connectivity index (χ0) is 11.7. The van der Waals surface area contributed by atoms with Gasteiger partial charge in [-0.1, -0.05) is 18.2 Å². The standard InChI is InChI=1S/C11H9NO3S/c1-12-10(14)9(16-11(12)15)6-7-4-2-3-5-8(7)13/h2-6,13H,1H3/b9-6-. The molecule has 16 heavy (non-hydrogen) atoms. The van der Waals surface area contributed by atoms with Crippen LogP contribution in [-0.2, 0) is 4.79 Å². The Bertz CT molecular complexity index is 496. The van der Waals surface area contributed by atoms with Crippen LogP contribution in [0.25, 0.3) is 6.08 Å². The lowest BCUT2D eigenvalue weighted by molar-refractivity contribution is -0.121. The fourth-order valence-corrected chi connectivity index (χ4v) is 2.11. The van der Waals surface area contributed by atoms with Crippen LogP contribution >= 0.6 is 11.8 Å². The highest BCUT2D eigenvalue weighted by Gasteiger charge is 2.31. The number of hydrogen-bond acceptors (Lipinski definition) is 4. The lowest BCUT2D eigenvalue weighted by Crippen LogP contribution is -2.22. The van der Waals surface area contributed by atoms with Gasteiger partial charge in [0.05, 0.1) is 4.91 Å². The molecule has 0 atom stereocenters. The molecule has 0 aliphatic carbocycles. The molecule has 0 unspecified atom stereocenters. The Morgan fingerprint density at radius 2 is 2.00 bits per heavy atom. The summed E-state index contributed by atoms with van der Waals surface area (Å²) in [6.07, 6.45) is 1.52. The molecular weight excluding hydrogens is 226 g/mol. The van der Waals surface area contributed by atoms with E-state index in [1.54, 1.807) is 18.2 Å². The lowest BCUT2D eigenvalue weighted by Gasteiger charge is -2.01. The van der Waals surface area contributed by atoms with Gasteiger partial charge < -0.3 is 5.11 Å². The van der Waals surface area contributed by atoms with E-state index in [-0.39, 0.29) is 16.9 Å². The van der Waals surface area contributed by atoms with Crippen molar-refractivity contribution >= 4 is 29.0 Å². The fraction of sp³-hybridized carbons (Fsp3) is 0.0909. The van der Waals surface area contributed by atoms with Crippen LogP contribution in [0.2, 0.25) is 0 Å². The third kappa shape index (κ3) is 1.81. The van der Waals surface area contributed by atoms with Crippen molar-refractivity contribution in [2.45, 2.75) is 0 Å². The lowest BCUT2D eigenvalue weighted by atomic mass is 10.2. The Morgan fingerprint density at radius 3 is 2.56 bits per heavy atom. The molecule has 1 aliphatic heterocycles. The second-order valence-corrected chi connectivity index (χ2v) is 4.29. The number of aromatic hydroxyl groups is 1. The number of carbonyl (C=O) groups excluding carboxylic acids is 2. The van der Waals surface area contributed by atoms with Crippen LogP contribution in [0.4, 0.5) is 4.79 Å². The summed E-state index contributed by atoms with van der Waals surface area (Å²) in [6, 6.07) is 6.65. The van der Waals surface area contributed by atoms with Gasteiger partial charge in [0, 0.05) is 12.6 Å². The second-order valence-electron chi connectivity index (χ2n) is 3.30. The third-order valence-corrected chi connectivity index (χ3v) is 3.17. The first-order valence-electron chi connectivity index (χ1n) is 4.59. The summed E-state index contributed by atoms with van der Waals surface area (Å²) < 4.78 is 0. The highest BCUT2D eigenvalue weighted by atomic mass is 32.2. The largest absolute Gasteiger partial charge is 0.507 e. The SMILES string of the molecule is CN1C(=O)S/C(=C\c2ccccc2O)C1=O. The highest BCUT2D eigenvalue weighted by Crippen LogP contribution is 2.32. The quantitative estimate of drug-likeness (QED) is 0.757. The van der Waals surface area contributed by atoms with E-state index in [1.165, 1.54) is 19.2 Å². The number of imide groups is 1. The Balaban J connectivity index is 2.37. The molecule has 0 aromatic heterocycles. The molecule has 2 rings (SSSR count). The third-order valence-electron chi connectivity index (χ3n) is 2.21. The molecule has 82 valence electrons. The smallest absolute Gasteiger partial charge is 0.293 e. The molecule has 1 heterocycles. The maximum Gasteiger partial charge on any atom is 0.293 e. The Hall–Kier alpha value is -1.75. The number of likely N-dealkylation sites (N-methyl/N-ethyl adjacent to an activating group) is 1. The summed E-state index contributed by atoms with van der Waals surface area (Å²) in [5.74, 6) is -0.247. The Labute approximate surface area is 96.6 Å². The number of thioether (sulfide) groups is 1. The number of hydrogen-bond donors (Lipinski definition) is 1. The number of para-hydroxylation sites is 1. The molecule has 1 saturated heterocycles. The number of amides is 2. The number of benzene rings is 1. The van der Waals surface area contributed by atoms with Crippen LogP contribution in [-0.4, -0.2) is 28.2 Å². The van der Waals surface area contributed by atoms with E-state index in [9.17, 15) is 14.7 Å². The zero-order valence-corrected chi connectivity index (χ0v) is 9.32. The normalized spacial score (nSPS) is 18.6. The topological polar surface area (TPSA) is 57.6 Å². The Kier molecular flexibility index (Phi) is 2.70. The van der Waals surface area contributed by atoms with Gasteiger partial charge in [-0.05, 0) is 23.9 Å². The zero-order valence-electron chi connectivity index (χ0n) is 8.51. The van der Waals surface area contributed by atoms with Crippen molar-refractivity contribution in [3.8, 4) is 5.75 Å². The molecule has 5 heteroatoms. The van der Waals surface area contributed by atoms with Crippen LogP contribution < -0.4 is 0 Å². The molecular formula is C11H9NO3S. The summed E-state index contributed by atoms with van der Waals surface area (Å²) in [4.78, 5) is 24.2. The van der Waals surface area contributed by atoms with Gasteiger partial charge in [-0.25, -0.2) is 0 Å². The van der Waals surface area contributed by atoms with Gasteiger partial charge in [-0.2, -0.15) is 0 Å². The van der Waals surface area contributed by atoms with Crippen LogP contribution in [0.1, 0.15) is 5.56 Å². The van der Waals surface area contributed by atoms with E-state index in [4.69, 9.17) is 0 Å². The first kappa shape index (κ1) is 10.8. The van der Waals surface area contributed by atoms with Crippen LogP contribution in [0.5, 0.6) is 5.75 Å². The molecule has 1 fully saturated rings. The van der Waals surface area contributed by atoms with Crippen LogP contribution in [0.15, 0.2) is 29.2 Å². The van der Waals surface area contributed by atoms with E-state index in [2.05, 4.69) is 0 Å². The molecule has 1 aliphatic rings. The predicted molar refractivity (Wildman–Crippen MR) is 61.8 cm³/mol. The fourth-order valence-electron chi connectivity index (χ4n) is 1.30. The van der Waals surface area contributed by atoms with Crippen molar-refractivity contribution in [2.24, 2.45) is 0 Å². The van der Waals surface area contributed by atoms with Crippen LogP contribution in [0, 0.1) is 0 Å². The van der Waals surface area contributed by atoms with Gasteiger partial charge in [-0.3, -0.25) is 14.5 Å². The highest BCUT2D eigenvalue weighted by molar-refractivity contribution is 8.18. The molecule has 1 N–H and O–H groups in total. The monoisotopic (exact) mass is 235 g/mol. The number of carbonyl (C=O) groups is 2. The van der Waals surface area contributed by atoms with Gasteiger partial charge in [0.25, 0.3) is 11.1 Å². The molecule has 4 nitrogen and oxygen atoms in total. The number of rotatable bonds is 1.